The second kappa shape index (κ2) is 9.05. The fourth-order valence-corrected chi connectivity index (χ4v) is 3.47. The molecule has 4 amide bonds. The molecule has 148 valence electrons. The Morgan fingerprint density at radius 2 is 1.85 bits per heavy atom. The van der Waals surface area contributed by atoms with Crippen molar-refractivity contribution >= 4 is 35.9 Å². The highest BCUT2D eigenvalue weighted by molar-refractivity contribution is 6.10. The van der Waals surface area contributed by atoms with E-state index in [1.165, 1.54) is 0 Å². The first-order valence-electron chi connectivity index (χ1n) is 8.91. The number of amides is 4. The number of halogens is 1. The Bertz CT molecular complexity index is 689. The summed E-state index contributed by atoms with van der Waals surface area (Å²) in [6, 6.07) is 6.33. The van der Waals surface area contributed by atoms with E-state index >= 15 is 0 Å². The number of benzene rings is 1. The van der Waals surface area contributed by atoms with Gasteiger partial charge in [0.15, 0.2) is 0 Å². The molecular weight excluding hydrogens is 372 g/mol. The number of nitrogens with zero attached hydrogens (tertiary/aromatic N) is 1. The number of rotatable bonds is 6. The minimum atomic E-state index is -0.808. The van der Waals surface area contributed by atoms with Crippen molar-refractivity contribution in [3.05, 3.63) is 24.3 Å². The molecule has 0 aromatic heterocycles. The lowest BCUT2D eigenvalue weighted by atomic mass is 9.82. The number of carbonyl (C=O) groups is 3. The Balaban J connectivity index is 0.00000261. The summed E-state index contributed by atoms with van der Waals surface area (Å²) in [7, 11) is 0. The zero-order chi connectivity index (χ0) is 18.6. The van der Waals surface area contributed by atoms with Crippen LogP contribution in [0.15, 0.2) is 24.3 Å². The van der Waals surface area contributed by atoms with Gasteiger partial charge in [-0.05, 0) is 37.1 Å². The average molecular weight is 397 g/mol. The van der Waals surface area contributed by atoms with Gasteiger partial charge in [-0.15, -0.1) is 12.4 Å². The Labute approximate surface area is 164 Å². The smallest absolute Gasteiger partial charge is 0.325 e. The standard InChI is InChI=1S/C18H24N4O4.ClH/c19-10-11-26-14-6-4-13(5-7-14)20-15(23)12-22-16(24)18(21-17(22)25)8-2-1-3-9-18;/h4-7H,1-3,8-12,19H2,(H,20,23)(H,21,25);1H. The van der Waals surface area contributed by atoms with Crippen LogP contribution >= 0.6 is 12.4 Å². The first-order chi connectivity index (χ1) is 12.5. The number of imide groups is 1. The van der Waals surface area contributed by atoms with E-state index in [4.69, 9.17) is 10.5 Å². The van der Waals surface area contributed by atoms with E-state index in [1.54, 1.807) is 24.3 Å². The van der Waals surface area contributed by atoms with Crippen LogP contribution in [0.1, 0.15) is 32.1 Å². The Morgan fingerprint density at radius 3 is 2.48 bits per heavy atom. The van der Waals surface area contributed by atoms with Gasteiger partial charge in [0.1, 0.15) is 24.4 Å². The van der Waals surface area contributed by atoms with Crippen molar-refractivity contribution in [1.82, 2.24) is 10.2 Å². The van der Waals surface area contributed by atoms with Crippen molar-refractivity contribution in [2.75, 3.05) is 25.0 Å². The number of carbonyl (C=O) groups excluding carboxylic acids is 3. The van der Waals surface area contributed by atoms with Crippen molar-refractivity contribution in [2.24, 2.45) is 5.73 Å². The maximum atomic E-state index is 12.7. The van der Waals surface area contributed by atoms with Gasteiger partial charge in [0.2, 0.25) is 5.91 Å². The lowest BCUT2D eigenvalue weighted by Crippen LogP contribution is -2.48. The lowest BCUT2D eigenvalue weighted by Gasteiger charge is -2.30. The summed E-state index contributed by atoms with van der Waals surface area (Å²) in [5, 5.41) is 5.49. The molecule has 8 nitrogen and oxygen atoms in total. The topological polar surface area (TPSA) is 114 Å². The fourth-order valence-electron chi connectivity index (χ4n) is 3.47. The molecule has 1 heterocycles. The molecule has 0 radical (unpaired) electrons. The molecular formula is C18H25ClN4O4. The Hall–Kier alpha value is -2.32. The van der Waals surface area contributed by atoms with Gasteiger partial charge in [0, 0.05) is 12.2 Å². The third-order valence-corrected chi connectivity index (χ3v) is 4.78. The largest absolute Gasteiger partial charge is 0.492 e. The molecule has 3 rings (SSSR count). The van der Waals surface area contributed by atoms with Crippen LogP contribution in [0.2, 0.25) is 0 Å². The quantitative estimate of drug-likeness (QED) is 0.632. The zero-order valence-electron chi connectivity index (χ0n) is 15.0. The third kappa shape index (κ3) is 4.70. The molecule has 2 aliphatic rings. The molecule has 1 saturated carbocycles. The fraction of sp³-hybridized carbons (Fsp3) is 0.500. The second-order valence-corrected chi connectivity index (χ2v) is 6.67. The van der Waals surface area contributed by atoms with Gasteiger partial charge in [-0.3, -0.25) is 14.5 Å². The summed E-state index contributed by atoms with van der Waals surface area (Å²) in [5.74, 6) is -0.0540. The predicted octanol–water partition coefficient (Wildman–Crippen LogP) is 1.64. The molecule has 1 saturated heterocycles. The first kappa shape index (κ1) is 21.0. The Morgan fingerprint density at radius 1 is 1.19 bits per heavy atom. The summed E-state index contributed by atoms with van der Waals surface area (Å²) >= 11 is 0. The van der Waals surface area contributed by atoms with Crippen LogP contribution < -0.4 is 21.1 Å². The van der Waals surface area contributed by atoms with E-state index in [0.717, 1.165) is 24.2 Å². The van der Waals surface area contributed by atoms with Crippen LogP contribution in [0.25, 0.3) is 0 Å². The van der Waals surface area contributed by atoms with Crippen molar-refractivity contribution in [1.29, 1.82) is 0 Å². The molecule has 2 fully saturated rings. The average Bonchev–Trinajstić information content (AvgIpc) is 2.86. The lowest BCUT2D eigenvalue weighted by molar-refractivity contribution is -0.134. The Kier molecular flexibility index (Phi) is 7.04. The van der Waals surface area contributed by atoms with Crippen LogP contribution in [0.3, 0.4) is 0 Å². The molecule has 0 unspecified atom stereocenters. The highest BCUT2D eigenvalue weighted by Crippen LogP contribution is 2.33. The van der Waals surface area contributed by atoms with Gasteiger partial charge >= 0.3 is 6.03 Å². The summed E-state index contributed by atoms with van der Waals surface area (Å²) < 4.78 is 5.37. The van der Waals surface area contributed by atoms with E-state index in [9.17, 15) is 14.4 Å². The normalized spacial score (nSPS) is 18.0. The zero-order valence-corrected chi connectivity index (χ0v) is 15.8. The third-order valence-electron chi connectivity index (χ3n) is 4.78. The van der Waals surface area contributed by atoms with Gasteiger partial charge in [-0.25, -0.2) is 4.79 Å². The number of hydrogen-bond acceptors (Lipinski definition) is 5. The number of nitrogens with two attached hydrogens (primary N) is 1. The molecule has 0 bridgehead atoms. The molecule has 1 aliphatic carbocycles. The van der Waals surface area contributed by atoms with E-state index in [0.29, 0.717) is 37.4 Å². The molecule has 1 spiro atoms. The van der Waals surface area contributed by atoms with Crippen molar-refractivity contribution in [2.45, 2.75) is 37.6 Å². The van der Waals surface area contributed by atoms with Crippen molar-refractivity contribution in [3.8, 4) is 5.75 Å². The van der Waals surface area contributed by atoms with Crippen LogP contribution in [-0.4, -0.2) is 48.0 Å². The first-order valence-corrected chi connectivity index (χ1v) is 8.91. The van der Waals surface area contributed by atoms with Gasteiger partial charge in [-0.1, -0.05) is 19.3 Å². The van der Waals surface area contributed by atoms with Gasteiger partial charge in [0.05, 0.1) is 0 Å². The van der Waals surface area contributed by atoms with Crippen molar-refractivity contribution in [3.63, 3.8) is 0 Å². The molecule has 4 N–H and O–H groups in total. The van der Waals surface area contributed by atoms with Crippen LogP contribution in [-0.2, 0) is 9.59 Å². The number of anilines is 1. The highest BCUT2D eigenvalue weighted by atomic mass is 35.5. The van der Waals surface area contributed by atoms with Gasteiger partial charge < -0.3 is 21.1 Å². The van der Waals surface area contributed by atoms with Crippen LogP contribution in [0.5, 0.6) is 5.75 Å². The summed E-state index contributed by atoms with van der Waals surface area (Å²) in [6.07, 6.45) is 4.16. The highest BCUT2D eigenvalue weighted by Gasteiger charge is 2.51. The predicted molar refractivity (Wildman–Crippen MR) is 103 cm³/mol. The van der Waals surface area contributed by atoms with Crippen LogP contribution in [0.4, 0.5) is 10.5 Å². The van der Waals surface area contributed by atoms with Crippen LogP contribution in [0, 0.1) is 0 Å². The maximum Gasteiger partial charge on any atom is 0.325 e. The van der Waals surface area contributed by atoms with E-state index in [2.05, 4.69) is 10.6 Å². The van der Waals surface area contributed by atoms with Gasteiger partial charge in [0.25, 0.3) is 5.91 Å². The molecule has 1 aliphatic heterocycles. The van der Waals surface area contributed by atoms with E-state index < -0.39 is 17.5 Å². The molecule has 1 aromatic carbocycles. The maximum absolute atomic E-state index is 12.7. The minimum Gasteiger partial charge on any atom is -0.492 e. The molecule has 0 atom stereocenters. The SMILES string of the molecule is Cl.NCCOc1ccc(NC(=O)CN2C(=O)NC3(CCCCC3)C2=O)cc1. The number of nitrogens with one attached hydrogen (secondary N) is 2. The van der Waals surface area contributed by atoms with E-state index in [-0.39, 0.29) is 24.9 Å². The van der Waals surface area contributed by atoms with Crippen molar-refractivity contribution < 1.29 is 19.1 Å². The monoisotopic (exact) mass is 396 g/mol. The molecule has 27 heavy (non-hydrogen) atoms. The second-order valence-electron chi connectivity index (χ2n) is 6.67. The number of ether oxygens (including phenoxy) is 1. The minimum absolute atomic E-state index is 0. The molecule has 1 aromatic rings. The molecule has 9 heteroatoms. The number of urea groups is 1. The van der Waals surface area contributed by atoms with E-state index in [1.807, 2.05) is 0 Å². The van der Waals surface area contributed by atoms with Gasteiger partial charge in [-0.2, -0.15) is 0 Å². The number of hydrogen-bond donors (Lipinski definition) is 3. The summed E-state index contributed by atoms with van der Waals surface area (Å²) in [4.78, 5) is 38.1. The summed E-state index contributed by atoms with van der Waals surface area (Å²) in [5.41, 5.74) is 5.13. The summed E-state index contributed by atoms with van der Waals surface area (Å²) in [6.45, 7) is 0.545.